The summed E-state index contributed by atoms with van der Waals surface area (Å²) >= 11 is 3.43. The van der Waals surface area contributed by atoms with E-state index in [0.717, 1.165) is 15.7 Å². The number of rotatable bonds is 1. The lowest BCUT2D eigenvalue weighted by atomic mass is 10.1. The van der Waals surface area contributed by atoms with Gasteiger partial charge in [-0.15, -0.1) is 0 Å². The van der Waals surface area contributed by atoms with E-state index in [0.29, 0.717) is 5.56 Å². The summed E-state index contributed by atoms with van der Waals surface area (Å²) < 4.78 is 0.805. The van der Waals surface area contributed by atoms with Crippen LogP contribution in [0.3, 0.4) is 0 Å². The first-order chi connectivity index (χ1) is 9.18. The predicted molar refractivity (Wildman–Crippen MR) is 76.8 cm³/mol. The van der Waals surface area contributed by atoms with E-state index in [1.54, 1.807) is 24.3 Å². The fraction of sp³-hybridized carbons (Fsp3) is 0.143. The van der Waals surface area contributed by atoms with Crippen LogP contribution in [0.25, 0.3) is 0 Å². The number of fused-ring (bicyclic) bond motifs is 1. The van der Waals surface area contributed by atoms with Crippen molar-refractivity contribution in [1.29, 1.82) is 0 Å². The van der Waals surface area contributed by atoms with E-state index in [1.807, 2.05) is 30.3 Å². The predicted octanol–water partition coefficient (Wildman–Crippen LogP) is 3.04. The lowest BCUT2D eigenvalue weighted by Crippen LogP contribution is -2.40. The van der Waals surface area contributed by atoms with Crippen LogP contribution in [0.1, 0.15) is 22.1 Å². The molecule has 0 aliphatic carbocycles. The molecule has 96 valence electrons. The Balaban J connectivity index is 2.07. The Morgan fingerprint density at radius 3 is 2.89 bits per heavy atom. The van der Waals surface area contributed by atoms with Gasteiger partial charge in [0.05, 0.1) is 5.56 Å². The van der Waals surface area contributed by atoms with Gasteiger partial charge in [0.25, 0.3) is 5.91 Å². The highest BCUT2D eigenvalue weighted by Gasteiger charge is 2.31. The van der Waals surface area contributed by atoms with Crippen LogP contribution in [0.4, 0.5) is 5.69 Å². The number of pyridine rings is 1. The molecule has 0 bridgehead atoms. The van der Waals surface area contributed by atoms with Crippen molar-refractivity contribution in [3.05, 3.63) is 58.3 Å². The number of nitrogens with one attached hydrogen (secondary N) is 1. The van der Waals surface area contributed by atoms with Gasteiger partial charge in [-0.2, -0.15) is 0 Å². The summed E-state index contributed by atoms with van der Waals surface area (Å²) in [6, 6.07) is 9.52. The summed E-state index contributed by atoms with van der Waals surface area (Å²) in [4.78, 5) is 18.2. The van der Waals surface area contributed by atoms with Crippen molar-refractivity contribution >= 4 is 27.5 Å². The summed E-state index contributed by atoms with van der Waals surface area (Å²) in [5.41, 5.74) is 2.47. The molecule has 2 aromatic rings. The van der Waals surface area contributed by atoms with Crippen LogP contribution in [-0.4, -0.2) is 22.8 Å². The molecule has 0 saturated heterocycles. The molecule has 5 heteroatoms. The molecule has 4 nitrogen and oxygen atoms in total. The number of hydrogen-bond acceptors (Lipinski definition) is 3. The maximum Gasteiger partial charge on any atom is 0.258 e. The van der Waals surface area contributed by atoms with Gasteiger partial charge >= 0.3 is 0 Å². The topological polar surface area (TPSA) is 45.2 Å². The smallest absolute Gasteiger partial charge is 0.258 e. The Morgan fingerprint density at radius 1 is 1.32 bits per heavy atom. The average molecular weight is 318 g/mol. The number of amides is 1. The van der Waals surface area contributed by atoms with Crippen molar-refractivity contribution in [3.8, 4) is 0 Å². The SMILES string of the molecule is CN1C(=O)c2c(Br)cccc2NC1c1cccnc1. The Morgan fingerprint density at radius 2 is 2.16 bits per heavy atom. The van der Waals surface area contributed by atoms with Crippen molar-refractivity contribution in [2.75, 3.05) is 12.4 Å². The van der Waals surface area contributed by atoms with Gasteiger partial charge in [-0.1, -0.05) is 12.1 Å². The molecule has 1 atom stereocenters. The second-order valence-corrected chi connectivity index (χ2v) is 5.27. The van der Waals surface area contributed by atoms with Gasteiger partial charge in [0.15, 0.2) is 0 Å². The lowest BCUT2D eigenvalue weighted by molar-refractivity contribution is 0.0734. The van der Waals surface area contributed by atoms with E-state index in [2.05, 4.69) is 26.2 Å². The van der Waals surface area contributed by atoms with Crippen LogP contribution in [0.5, 0.6) is 0 Å². The molecule has 0 fully saturated rings. The number of benzene rings is 1. The van der Waals surface area contributed by atoms with E-state index in [-0.39, 0.29) is 12.1 Å². The molecule has 1 aliphatic rings. The highest BCUT2D eigenvalue weighted by Crippen LogP contribution is 2.35. The number of anilines is 1. The quantitative estimate of drug-likeness (QED) is 0.879. The largest absolute Gasteiger partial charge is 0.361 e. The minimum Gasteiger partial charge on any atom is -0.361 e. The van der Waals surface area contributed by atoms with Gasteiger partial charge in [-0.3, -0.25) is 9.78 Å². The normalized spacial score (nSPS) is 17.9. The molecular formula is C14H12BrN3O. The zero-order valence-corrected chi connectivity index (χ0v) is 11.9. The van der Waals surface area contributed by atoms with Crippen molar-refractivity contribution in [2.24, 2.45) is 0 Å². The first-order valence-electron chi connectivity index (χ1n) is 5.90. The van der Waals surface area contributed by atoms with Crippen LogP contribution in [0.15, 0.2) is 47.2 Å². The summed E-state index contributed by atoms with van der Waals surface area (Å²) in [6.45, 7) is 0. The summed E-state index contributed by atoms with van der Waals surface area (Å²) in [5.74, 6) is -0.00456. The molecule has 1 aromatic carbocycles. The van der Waals surface area contributed by atoms with Gasteiger partial charge in [0, 0.05) is 35.2 Å². The zero-order chi connectivity index (χ0) is 13.4. The Labute approximate surface area is 119 Å². The van der Waals surface area contributed by atoms with Crippen molar-refractivity contribution in [2.45, 2.75) is 6.17 Å². The molecule has 1 N–H and O–H groups in total. The van der Waals surface area contributed by atoms with E-state index in [9.17, 15) is 4.79 Å². The van der Waals surface area contributed by atoms with Crippen LogP contribution in [-0.2, 0) is 0 Å². The fourth-order valence-corrected chi connectivity index (χ4v) is 2.78. The van der Waals surface area contributed by atoms with Crippen molar-refractivity contribution < 1.29 is 4.79 Å². The molecular weight excluding hydrogens is 306 g/mol. The lowest BCUT2D eigenvalue weighted by Gasteiger charge is -2.35. The Bertz CT molecular complexity index is 630. The van der Waals surface area contributed by atoms with E-state index < -0.39 is 0 Å². The molecule has 2 heterocycles. The molecule has 1 amide bonds. The minimum atomic E-state index is -0.192. The maximum atomic E-state index is 12.5. The molecule has 0 saturated carbocycles. The Hall–Kier alpha value is -1.88. The van der Waals surface area contributed by atoms with Crippen LogP contribution in [0, 0.1) is 0 Å². The van der Waals surface area contributed by atoms with E-state index >= 15 is 0 Å². The number of carbonyl (C=O) groups is 1. The minimum absolute atomic E-state index is 0.00456. The number of hydrogen-bond donors (Lipinski definition) is 1. The molecule has 1 aromatic heterocycles. The monoisotopic (exact) mass is 317 g/mol. The number of halogens is 1. The van der Waals surface area contributed by atoms with Gasteiger partial charge < -0.3 is 10.2 Å². The van der Waals surface area contributed by atoms with Crippen LogP contribution < -0.4 is 5.32 Å². The second kappa shape index (κ2) is 4.66. The number of aromatic nitrogens is 1. The summed E-state index contributed by atoms with van der Waals surface area (Å²) in [6.07, 6.45) is 3.30. The molecule has 0 radical (unpaired) electrons. The third kappa shape index (κ3) is 2.00. The highest BCUT2D eigenvalue weighted by molar-refractivity contribution is 9.10. The highest BCUT2D eigenvalue weighted by atomic mass is 79.9. The van der Waals surface area contributed by atoms with Gasteiger partial charge in [0.2, 0.25) is 0 Å². The van der Waals surface area contributed by atoms with E-state index in [4.69, 9.17) is 0 Å². The molecule has 0 spiro atoms. The van der Waals surface area contributed by atoms with Crippen LogP contribution in [0.2, 0.25) is 0 Å². The van der Waals surface area contributed by atoms with E-state index in [1.165, 1.54) is 0 Å². The summed E-state index contributed by atoms with van der Waals surface area (Å²) in [5, 5.41) is 3.37. The molecule has 1 unspecified atom stereocenters. The standard InChI is InChI=1S/C14H12BrN3O/c1-18-13(9-4-3-7-16-8-9)17-11-6-2-5-10(15)12(11)14(18)19/h2-8,13,17H,1H3. The first-order valence-corrected chi connectivity index (χ1v) is 6.70. The third-order valence-electron chi connectivity index (χ3n) is 3.23. The average Bonchev–Trinajstić information content (AvgIpc) is 2.43. The molecule has 1 aliphatic heterocycles. The van der Waals surface area contributed by atoms with Crippen LogP contribution >= 0.6 is 15.9 Å². The first kappa shape index (κ1) is 12.2. The fourth-order valence-electron chi connectivity index (χ4n) is 2.24. The maximum absolute atomic E-state index is 12.5. The van der Waals surface area contributed by atoms with Gasteiger partial charge in [-0.05, 0) is 34.1 Å². The molecule has 19 heavy (non-hydrogen) atoms. The third-order valence-corrected chi connectivity index (χ3v) is 3.89. The second-order valence-electron chi connectivity index (χ2n) is 4.41. The van der Waals surface area contributed by atoms with Crippen molar-refractivity contribution in [1.82, 2.24) is 9.88 Å². The van der Waals surface area contributed by atoms with Gasteiger partial charge in [0.1, 0.15) is 6.17 Å². The van der Waals surface area contributed by atoms with Gasteiger partial charge in [-0.25, -0.2) is 0 Å². The number of nitrogens with zero attached hydrogens (tertiary/aromatic N) is 2. The zero-order valence-electron chi connectivity index (χ0n) is 10.3. The molecule has 3 rings (SSSR count). The van der Waals surface area contributed by atoms with Crippen molar-refractivity contribution in [3.63, 3.8) is 0 Å². The Kier molecular flexibility index (Phi) is 2.98. The summed E-state index contributed by atoms with van der Waals surface area (Å²) in [7, 11) is 1.79. The number of carbonyl (C=O) groups excluding carboxylic acids is 1.